The lowest BCUT2D eigenvalue weighted by Gasteiger charge is -2.27. The molecule has 19 heavy (non-hydrogen) atoms. The van der Waals surface area contributed by atoms with Crippen molar-refractivity contribution in [3.05, 3.63) is 11.9 Å². The maximum atomic E-state index is 5.50. The van der Waals surface area contributed by atoms with Crippen molar-refractivity contribution in [1.29, 1.82) is 0 Å². The van der Waals surface area contributed by atoms with Gasteiger partial charge < -0.3 is 10.1 Å². The molecule has 0 aliphatic heterocycles. The van der Waals surface area contributed by atoms with Crippen LogP contribution >= 0.6 is 0 Å². The van der Waals surface area contributed by atoms with E-state index in [9.17, 15) is 0 Å². The Labute approximate surface area is 117 Å². The summed E-state index contributed by atoms with van der Waals surface area (Å²) in [6, 6.07) is 0.326. The molecule has 0 bridgehead atoms. The first kappa shape index (κ1) is 16.0. The molecule has 0 aliphatic rings. The fourth-order valence-corrected chi connectivity index (χ4v) is 2.65. The first-order valence-corrected chi connectivity index (χ1v) is 7.56. The van der Waals surface area contributed by atoms with Gasteiger partial charge in [-0.25, -0.2) is 0 Å². The molecule has 1 heterocycles. The summed E-state index contributed by atoms with van der Waals surface area (Å²) in [4.78, 5) is 0. The van der Waals surface area contributed by atoms with Gasteiger partial charge in [-0.15, -0.1) is 0 Å². The lowest BCUT2D eigenvalue weighted by Crippen LogP contribution is -2.31. The Morgan fingerprint density at radius 1 is 1.26 bits per heavy atom. The number of ether oxygens (including phenoxy) is 1. The second kappa shape index (κ2) is 8.20. The second-order valence-electron chi connectivity index (χ2n) is 4.92. The molecule has 0 fully saturated rings. The molecule has 0 spiro atoms. The van der Waals surface area contributed by atoms with E-state index in [-0.39, 0.29) is 0 Å². The highest BCUT2D eigenvalue weighted by Gasteiger charge is 2.26. The molecule has 0 aliphatic carbocycles. The van der Waals surface area contributed by atoms with Crippen molar-refractivity contribution in [2.45, 2.75) is 59.5 Å². The molecular weight excluding hydrogens is 238 g/mol. The molecule has 0 saturated heterocycles. The summed E-state index contributed by atoms with van der Waals surface area (Å²) >= 11 is 0. The maximum Gasteiger partial charge on any atom is 0.161 e. The SMILES string of the molecule is CCCNC(c1c(OC)cnn1CC)C(CC)CC. The van der Waals surface area contributed by atoms with Gasteiger partial charge in [0.25, 0.3) is 0 Å². The van der Waals surface area contributed by atoms with Crippen LogP contribution in [0.2, 0.25) is 0 Å². The standard InChI is InChI=1S/C15H29N3O/c1-6-10-16-14(12(7-2)8-3)15-13(19-5)11-17-18(15)9-4/h11-12,14,16H,6-10H2,1-5H3. The number of hydrogen-bond donors (Lipinski definition) is 1. The Kier molecular flexibility index (Phi) is 6.92. The van der Waals surface area contributed by atoms with E-state index in [1.807, 2.05) is 6.20 Å². The number of rotatable bonds is 9. The molecule has 1 rings (SSSR count). The Hall–Kier alpha value is -1.03. The van der Waals surface area contributed by atoms with Crippen molar-refractivity contribution in [2.75, 3.05) is 13.7 Å². The average Bonchev–Trinajstić information content (AvgIpc) is 2.86. The predicted molar refractivity (Wildman–Crippen MR) is 79.6 cm³/mol. The zero-order chi connectivity index (χ0) is 14.3. The molecule has 1 aromatic heterocycles. The van der Waals surface area contributed by atoms with Gasteiger partial charge in [0.1, 0.15) is 0 Å². The maximum absolute atomic E-state index is 5.50. The van der Waals surface area contributed by atoms with Crippen LogP contribution in [0.3, 0.4) is 0 Å². The van der Waals surface area contributed by atoms with Crippen LogP contribution in [-0.4, -0.2) is 23.4 Å². The van der Waals surface area contributed by atoms with E-state index in [4.69, 9.17) is 4.74 Å². The molecule has 1 N–H and O–H groups in total. The highest BCUT2D eigenvalue weighted by molar-refractivity contribution is 5.29. The summed E-state index contributed by atoms with van der Waals surface area (Å²) < 4.78 is 7.56. The summed E-state index contributed by atoms with van der Waals surface area (Å²) in [7, 11) is 1.73. The largest absolute Gasteiger partial charge is 0.493 e. The van der Waals surface area contributed by atoms with Gasteiger partial charge in [-0.2, -0.15) is 5.10 Å². The number of methoxy groups -OCH3 is 1. The third-order valence-electron chi connectivity index (χ3n) is 3.79. The third-order valence-corrected chi connectivity index (χ3v) is 3.79. The van der Waals surface area contributed by atoms with E-state index in [2.05, 4.69) is 42.8 Å². The van der Waals surface area contributed by atoms with Crippen molar-refractivity contribution in [3.8, 4) is 5.75 Å². The van der Waals surface area contributed by atoms with Gasteiger partial charge in [0.05, 0.1) is 25.0 Å². The molecule has 4 nitrogen and oxygen atoms in total. The molecule has 1 unspecified atom stereocenters. The van der Waals surface area contributed by atoms with Crippen molar-refractivity contribution in [3.63, 3.8) is 0 Å². The molecule has 1 aromatic rings. The minimum atomic E-state index is 0.326. The van der Waals surface area contributed by atoms with Crippen LogP contribution in [0.4, 0.5) is 0 Å². The lowest BCUT2D eigenvalue weighted by molar-refractivity contribution is 0.309. The van der Waals surface area contributed by atoms with Crippen LogP contribution in [0.1, 0.15) is 58.7 Å². The van der Waals surface area contributed by atoms with Crippen LogP contribution in [0, 0.1) is 5.92 Å². The molecule has 0 radical (unpaired) electrons. The minimum Gasteiger partial charge on any atom is -0.493 e. The van der Waals surface area contributed by atoms with E-state index < -0.39 is 0 Å². The number of hydrogen-bond acceptors (Lipinski definition) is 3. The summed E-state index contributed by atoms with van der Waals surface area (Å²) in [6.07, 6.45) is 5.30. The van der Waals surface area contributed by atoms with Gasteiger partial charge in [0, 0.05) is 6.54 Å². The average molecular weight is 267 g/mol. The first-order chi connectivity index (χ1) is 9.23. The summed E-state index contributed by atoms with van der Waals surface area (Å²) in [5, 5.41) is 8.12. The van der Waals surface area contributed by atoms with Gasteiger partial charge in [-0.3, -0.25) is 4.68 Å². The molecule has 0 aromatic carbocycles. The van der Waals surface area contributed by atoms with E-state index >= 15 is 0 Å². The van der Waals surface area contributed by atoms with Crippen molar-refractivity contribution < 1.29 is 4.74 Å². The van der Waals surface area contributed by atoms with Crippen molar-refractivity contribution >= 4 is 0 Å². The van der Waals surface area contributed by atoms with Crippen LogP contribution < -0.4 is 10.1 Å². The molecule has 4 heteroatoms. The van der Waals surface area contributed by atoms with Crippen LogP contribution in [0.25, 0.3) is 0 Å². The van der Waals surface area contributed by atoms with E-state index in [1.165, 1.54) is 5.69 Å². The van der Waals surface area contributed by atoms with E-state index in [0.29, 0.717) is 12.0 Å². The molecule has 1 atom stereocenters. The van der Waals surface area contributed by atoms with E-state index in [1.54, 1.807) is 7.11 Å². The second-order valence-corrected chi connectivity index (χ2v) is 4.92. The summed E-state index contributed by atoms with van der Waals surface area (Å²) in [6.45, 7) is 10.7. The Morgan fingerprint density at radius 3 is 2.42 bits per heavy atom. The van der Waals surface area contributed by atoms with Crippen molar-refractivity contribution in [2.24, 2.45) is 5.92 Å². The lowest BCUT2D eigenvalue weighted by atomic mass is 9.91. The monoisotopic (exact) mass is 267 g/mol. The smallest absolute Gasteiger partial charge is 0.161 e. The number of aromatic nitrogens is 2. The van der Waals surface area contributed by atoms with Crippen LogP contribution in [-0.2, 0) is 6.54 Å². The van der Waals surface area contributed by atoms with Gasteiger partial charge in [0.15, 0.2) is 5.75 Å². The predicted octanol–water partition coefficient (Wildman–Crippen LogP) is 3.39. The molecule has 0 saturated carbocycles. The topological polar surface area (TPSA) is 39.1 Å². The Morgan fingerprint density at radius 2 is 1.95 bits per heavy atom. The fraction of sp³-hybridized carbons (Fsp3) is 0.800. The number of nitrogens with one attached hydrogen (secondary N) is 1. The van der Waals surface area contributed by atoms with E-state index in [0.717, 1.165) is 38.1 Å². The quantitative estimate of drug-likeness (QED) is 0.745. The van der Waals surface area contributed by atoms with Gasteiger partial charge in [-0.1, -0.05) is 33.6 Å². The molecule has 110 valence electrons. The van der Waals surface area contributed by atoms with Crippen molar-refractivity contribution in [1.82, 2.24) is 15.1 Å². The molecular formula is C15H29N3O. The summed E-state index contributed by atoms with van der Waals surface area (Å²) in [5.41, 5.74) is 1.20. The highest BCUT2D eigenvalue weighted by Crippen LogP contribution is 2.33. The number of nitrogens with zero attached hydrogens (tertiary/aromatic N) is 2. The summed E-state index contributed by atoms with van der Waals surface area (Å²) in [5.74, 6) is 1.52. The third kappa shape index (κ3) is 3.72. The van der Waals surface area contributed by atoms with Gasteiger partial charge >= 0.3 is 0 Å². The molecule has 0 amide bonds. The fourth-order valence-electron chi connectivity index (χ4n) is 2.65. The zero-order valence-electron chi connectivity index (χ0n) is 13.1. The normalized spacial score (nSPS) is 12.9. The zero-order valence-corrected chi connectivity index (χ0v) is 13.1. The highest BCUT2D eigenvalue weighted by atomic mass is 16.5. The van der Waals surface area contributed by atoms with Crippen LogP contribution in [0.5, 0.6) is 5.75 Å². The minimum absolute atomic E-state index is 0.326. The van der Waals surface area contributed by atoms with Gasteiger partial charge in [0.2, 0.25) is 0 Å². The van der Waals surface area contributed by atoms with Crippen LogP contribution in [0.15, 0.2) is 6.20 Å². The number of aryl methyl sites for hydroxylation is 1. The van der Waals surface area contributed by atoms with Gasteiger partial charge in [-0.05, 0) is 25.8 Å². The first-order valence-electron chi connectivity index (χ1n) is 7.56. The Balaban J connectivity index is 3.10. The Bertz CT molecular complexity index is 337.